The van der Waals surface area contributed by atoms with E-state index in [1.54, 1.807) is 4.90 Å². The van der Waals surface area contributed by atoms with E-state index < -0.39 is 0 Å². The molecule has 0 radical (unpaired) electrons. The van der Waals surface area contributed by atoms with E-state index in [4.69, 9.17) is 18.0 Å². The number of rotatable bonds is 6. The second-order valence-electron chi connectivity index (χ2n) is 4.99. The van der Waals surface area contributed by atoms with Gasteiger partial charge in [0.25, 0.3) is 5.91 Å². The smallest absolute Gasteiger partial charge is 0.254 e. The highest BCUT2D eigenvalue weighted by atomic mass is 127. The van der Waals surface area contributed by atoms with Crippen LogP contribution in [0.15, 0.2) is 18.2 Å². The molecule has 0 atom stereocenters. The topological polar surface area (TPSA) is 46.3 Å². The maximum atomic E-state index is 13.1. The Morgan fingerprint density at radius 3 is 2.65 bits per heavy atom. The fraction of sp³-hybridized carbons (Fsp3) is 0.429. The van der Waals surface area contributed by atoms with E-state index in [1.807, 2.05) is 36.4 Å². The van der Waals surface area contributed by atoms with Crippen LogP contribution >= 0.6 is 34.8 Å². The van der Waals surface area contributed by atoms with Gasteiger partial charge in [-0.3, -0.25) is 4.79 Å². The first kappa shape index (κ1) is 17.3. The predicted molar refractivity (Wildman–Crippen MR) is 91.3 cm³/mol. The Balaban J connectivity index is 2.93. The maximum Gasteiger partial charge on any atom is 0.254 e. The highest BCUT2D eigenvalue weighted by molar-refractivity contribution is 14.1. The zero-order valence-corrected chi connectivity index (χ0v) is 14.5. The van der Waals surface area contributed by atoms with Gasteiger partial charge in [-0.1, -0.05) is 26.1 Å². The van der Waals surface area contributed by atoms with Gasteiger partial charge in [0.2, 0.25) is 0 Å². The molecule has 1 aromatic rings. The van der Waals surface area contributed by atoms with Crippen molar-refractivity contribution in [2.75, 3.05) is 13.1 Å². The van der Waals surface area contributed by atoms with Crippen LogP contribution < -0.4 is 5.73 Å². The van der Waals surface area contributed by atoms with Gasteiger partial charge in [0.05, 0.1) is 10.6 Å². The predicted octanol–water partition coefficient (Wildman–Crippen LogP) is 3.20. The number of carbonyl (C=O) groups is 1. The van der Waals surface area contributed by atoms with Crippen LogP contribution in [0.1, 0.15) is 30.6 Å². The number of thiocarbonyl (C=S) groups is 1. The Morgan fingerprint density at radius 2 is 2.15 bits per heavy atom. The molecule has 1 aromatic carbocycles. The summed E-state index contributed by atoms with van der Waals surface area (Å²) in [7, 11) is 0. The maximum absolute atomic E-state index is 13.1. The monoisotopic (exact) mass is 408 g/mol. The van der Waals surface area contributed by atoms with Gasteiger partial charge in [-0.2, -0.15) is 0 Å². The molecule has 0 aromatic heterocycles. The van der Waals surface area contributed by atoms with Crippen LogP contribution in [0.3, 0.4) is 0 Å². The average Bonchev–Trinajstić information content (AvgIpc) is 2.33. The zero-order chi connectivity index (χ0) is 15.3. The summed E-state index contributed by atoms with van der Waals surface area (Å²) in [5.74, 6) is -0.118. The van der Waals surface area contributed by atoms with E-state index >= 15 is 0 Å². The first-order valence-electron chi connectivity index (χ1n) is 6.34. The summed E-state index contributed by atoms with van der Waals surface area (Å²) in [6.07, 6.45) is 0.492. The molecule has 0 spiro atoms. The van der Waals surface area contributed by atoms with Gasteiger partial charge in [-0.15, -0.1) is 0 Å². The van der Waals surface area contributed by atoms with Crippen molar-refractivity contribution in [2.45, 2.75) is 20.3 Å². The quantitative estimate of drug-likeness (QED) is 0.581. The van der Waals surface area contributed by atoms with Crippen LogP contribution in [0, 0.1) is 15.3 Å². The normalized spacial score (nSPS) is 10.7. The van der Waals surface area contributed by atoms with E-state index in [1.165, 1.54) is 18.2 Å². The molecule has 3 nitrogen and oxygen atoms in total. The van der Waals surface area contributed by atoms with Crippen molar-refractivity contribution in [3.63, 3.8) is 0 Å². The standard InChI is InChI=1S/C14H18FIN2OS/c1-9(2)8-18(6-5-13(17)20)14(19)11-4-3-10(15)7-12(11)16/h3-4,7,9H,5-6,8H2,1-2H3,(H2,17,20). The summed E-state index contributed by atoms with van der Waals surface area (Å²) in [5.41, 5.74) is 6.01. The molecule has 0 saturated heterocycles. The van der Waals surface area contributed by atoms with Gasteiger partial charge in [0.15, 0.2) is 0 Å². The number of nitrogens with zero attached hydrogens (tertiary/aromatic N) is 1. The lowest BCUT2D eigenvalue weighted by molar-refractivity contribution is 0.0740. The number of carbonyl (C=O) groups excluding carboxylic acids is 1. The van der Waals surface area contributed by atoms with E-state index in [0.717, 1.165) is 0 Å². The molecule has 1 rings (SSSR count). The molecule has 0 unspecified atom stereocenters. The molecule has 2 N–H and O–H groups in total. The number of hydrogen-bond donors (Lipinski definition) is 1. The molecule has 110 valence electrons. The summed E-state index contributed by atoms with van der Waals surface area (Å²) in [6.45, 7) is 5.18. The highest BCUT2D eigenvalue weighted by Gasteiger charge is 2.19. The minimum absolute atomic E-state index is 0.112. The van der Waals surface area contributed by atoms with Gasteiger partial charge >= 0.3 is 0 Å². The fourth-order valence-corrected chi connectivity index (χ4v) is 2.59. The molecule has 0 aliphatic carbocycles. The molecular weight excluding hydrogens is 390 g/mol. The van der Waals surface area contributed by atoms with E-state index in [-0.39, 0.29) is 11.7 Å². The lowest BCUT2D eigenvalue weighted by Crippen LogP contribution is -2.36. The second-order valence-corrected chi connectivity index (χ2v) is 6.67. The largest absolute Gasteiger partial charge is 0.393 e. The lowest BCUT2D eigenvalue weighted by Gasteiger charge is -2.25. The summed E-state index contributed by atoms with van der Waals surface area (Å²) < 4.78 is 13.7. The summed E-state index contributed by atoms with van der Waals surface area (Å²) in [4.78, 5) is 14.7. The summed E-state index contributed by atoms with van der Waals surface area (Å²) in [6, 6.07) is 4.18. The van der Waals surface area contributed by atoms with Crippen molar-refractivity contribution < 1.29 is 9.18 Å². The van der Waals surface area contributed by atoms with Crippen LogP contribution in [-0.4, -0.2) is 28.9 Å². The molecule has 0 fully saturated rings. The van der Waals surface area contributed by atoms with Crippen LogP contribution in [0.5, 0.6) is 0 Å². The van der Waals surface area contributed by atoms with Gasteiger partial charge in [0, 0.05) is 23.1 Å². The van der Waals surface area contributed by atoms with E-state index in [2.05, 4.69) is 0 Å². The third-order valence-electron chi connectivity index (χ3n) is 2.66. The fourth-order valence-electron chi connectivity index (χ4n) is 1.79. The summed E-state index contributed by atoms with van der Waals surface area (Å²) >= 11 is 6.83. The van der Waals surface area contributed by atoms with Crippen LogP contribution in [0.4, 0.5) is 4.39 Å². The number of benzene rings is 1. The molecule has 0 heterocycles. The van der Waals surface area contributed by atoms with E-state index in [9.17, 15) is 9.18 Å². The van der Waals surface area contributed by atoms with Gasteiger partial charge in [0.1, 0.15) is 5.82 Å². The van der Waals surface area contributed by atoms with Crippen molar-refractivity contribution >= 4 is 45.7 Å². The first-order chi connectivity index (χ1) is 9.31. The third-order valence-corrected chi connectivity index (χ3v) is 3.76. The number of halogens is 2. The molecule has 1 amide bonds. The van der Waals surface area contributed by atoms with Crippen molar-refractivity contribution in [2.24, 2.45) is 11.7 Å². The zero-order valence-electron chi connectivity index (χ0n) is 11.5. The number of hydrogen-bond acceptors (Lipinski definition) is 2. The van der Waals surface area contributed by atoms with Gasteiger partial charge < -0.3 is 10.6 Å². The van der Waals surface area contributed by atoms with Crippen LogP contribution in [0.25, 0.3) is 0 Å². The third kappa shape index (κ3) is 5.32. The van der Waals surface area contributed by atoms with Crippen molar-refractivity contribution in [1.29, 1.82) is 0 Å². The molecular formula is C14H18FIN2OS. The number of nitrogens with two attached hydrogens (primary N) is 1. The average molecular weight is 408 g/mol. The Bertz CT molecular complexity index is 508. The molecule has 0 bridgehead atoms. The molecule has 0 aliphatic heterocycles. The minimum atomic E-state index is -0.343. The lowest BCUT2D eigenvalue weighted by atomic mass is 10.1. The molecule has 0 saturated carbocycles. The Morgan fingerprint density at radius 1 is 1.50 bits per heavy atom. The molecule has 0 aliphatic rings. The van der Waals surface area contributed by atoms with Gasteiger partial charge in [-0.05, 0) is 46.7 Å². The second kappa shape index (κ2) is 7.87. The molecule has 6 heteroatoms. The minimum Gasteiger partial charge on any atom is -0.393 e. The Labute approximate surface area is 137 Å². The van der Waals surface area contributed by atoms with Crippen molar-refractivity contribution in [3.8, 4) is 0 Å². The SMILES string of the molecule is CC(C)CN(CCC(N)=S)C(=O)c1ccc(F)cc1I. The van der Waals surface area contributed by atoms with Crippen LogP contribution in [0.2, 0.25) is 0 Å². The van der Waals surface area contributed by atoms with Gasteiger partial charge in [-0.25, -0.2) is 4.39 Å². The van der Waals surface area contributed by atoms with Crippen molar-refractivity contribution in [3.05, 3.63) is 33.1 Å². The highest BCUT2D eigenvalue weighted by Crippen LogP contribution is 2.17. The van der Waals surface area contributed by atoms with Crippen molar-refractivity contribution in [1.82, 2.24) is 4.90 Å². The Hall–Kier alpha value is -0.760. The van der Waals surface area contributed by atoms with E-state index in [0.29, 0.717) is 39.6 Å². The Kier molecular flexibility index (Phi) is 6.81. The first-order valence-corrected chi connectivity index (χ1v) is 7.82. The molecule has 20 heavy (non-hydrogen) atoms. The van der Waals surface area contributed by atoms with Crippen LogP contribution in [-0.2, 0) is 0 Å². The number of amides is 1. The summed E-state index contributed by atoms with van der Waals surface area (Å²) in [5, 5.41) is 0.